The van der Waals surface area contributed by atoms with Gasteiger partial charge in [0.15, 0.2) is 0 Å². The van der Waals surface area contributed by atoms with Gasteiger partial charge in [-0.1, -0.05) is 17.7 Å². The van der Waals surface area contributed by atoms with Crippen LogP contribution in [0, 0.1) is 5.82 Å². The standard InChI is InChI=1S/C10H8ClFN2O2/c11-7-3-6(1-2-8(7)12)5-14-9(15)4-13-10(14)16/h1-3H,4-5H2,(H,13,16). The van der Waals surface area contributed by atoms with Crippen molar-refractivity contribution in [3.8, 4) is 0 Å². The van der Waals surface area contributed by atoms with E-state index in [2.05, 4.69) is 5.32 Å². The molecular weight excluding hydrogens is 235 g/mol. The maximum Gasteiger partial charge on any atom is 0.324 e. The summed E-state index contributed by atoms with van der Waals surface area (Å²) in [5.74, 6) is -0.826. The van der Waals surface area contributed by atoms with Gasteiger partial charge in [-0.15, -0.1) is 0 Å². The number of amides is 3. The van der Waals surface area contributed by atoms with Crippen LogP contribution >= 0.6 is 11.6 Å². The molecule has 1 aromatic rings. The van der Waals surface area contributed by atoms with Crippen LogP contribution < -0.4 is 5.32 Å². The first-order chi connectivity index (χ1) is 7.58. The van der Waals surface area contributed by atoms with Crippen molar-refractivity contribution in [1.29, 1.82) is 0 Å². The molecule has 3 amide bonds. The van der Waals surface area contributed by atoms with E-state index in [4.69, 9.17) is 11.6 Å². The number of hydrogen-bond acceptors (Lipinski definition) is 2. The van der Waals surface area contributed by atoms with E-state index < -0.39 is 11.8 Å². The van der Waals surface area contributed by atoms with Crippen LogP contribution in [0.3, 0.4) is 0 Å². The van der Waals surface area contributed by atoms with E-state index in [0.29, 0.717) is 5.56 Å². The molecule has 1 fully saturated rings. The lowest BCUT2D eigenvalue weighted by atomic mass is 10.2. The molecule has 16 heavy (non-hydrogen) atoms. The van der Waals surface area contributed by atoms with Gasteiger partial charge in [0, 0.05) is 0 Å². The van der Waals surface area contributed by atoms with Gasteiger partial charge in [-0.2, -0.15) is 0 Å². The van der Waals surface area contributed by atoms with Gasteiger partial charge in [0.05, 0.1) is 18.1 Å². The minimum absolute atomic E-state index is 0.00770. The summed E-state index contributed by atoms with van der Waals surface area (Å²) in [7, 11) is 0. The molecule has 1 aliphatic rings. The van der Waals surface area contributed by atoms with Gasteiger partial charge in [0.25, 0.3) is 0 Å². The first kappa shape index (κ1) is 10.9. The lowest BCUT2D eigenvalue weighted by molar-refractivity contribution is -0.125. The lowest BCUT2D eigenvalue weighted by Gasteiger charge is -2.12. The maximum absolute atomic E-state index is 12.9. The summed E-state index contributed by atoms with van der Waals surface area (Å²) in [6.45, 7) is 0.110. The highest BCUT2D eigenvalue weighted by Gasteiger charge is 2.28. The fraction of sp³-hybridized carbons (Fsp3) is 0.200. The van der Waals surface area contributed by atoms with Gasteiger partial charge in [-0.25, -0.2) is 9.18 Å². The number of benzene rings is 1. The molecule has 0 unspecified atom stereocenters. The Balaban J connectivity index is 2.17. The minimum atomic E-state index is -0.525. The number of imide groups is 1. The minimum Gasteiger partial charge on any atom is -0.329 e. The molecule has 0 radical (unpaired) electrons. The molecule has 0 aromatic heterocycles. The van der Waals surface area contributed by atoms with Crippen LogP contribution in [0.2, 0.25) is 5.02 Å². The van der Waals surface area contributed by atoms with Crippen molar-refractivity contribution < 1.29 is 14.0 Å². The molecule has 1 heterocycles. The van der Waals surface area contributed by atoms with Crippen LogP contribution in [0.25, 0.3) is 0 Å². The highest BCUT2D eigenvalue weighted by Crippen LogP contribution is 2.17. The molecule has 1 N–H and O–H groups in total. The predicted octanol–water partition coefficient (Wildman–Crippen LogP) is 1.53. The summed E-state index contributed by atoms with van der Waals surface area (Å²) < 4.78 is 12.9. The maximum atomic E-state index is 12.9. The fourth-order valence-electron chi connectivity index (χ4n) is 1.44. The van der Waals surface area contributed by atoms with Crippen LogP contribution in [-0.4, -0.2) is 23.4 Å². The molecule has 0 atom stereocenters. The number of urea groups is 1. The quantitative estimate of drug-likeness (QED) is 0.800. The first-order valence-corrected chi connectivity index (χ1v) is 4.98. The zero-order valence-electron chi connectivity index (χ0n) is 8.17. The summed E-state index contributed by atoms with van der Waals surface area (Å²) in [6.07, 6.45) is 0. The molecule has 1 aromatic carbocycles. The summed E-state index contributed by atoms with van der Waals surface area (Å²) in [6, 6.07) is 3.65. The molecule has 1 aliphatic heterocycles. The van der Waals surface area contributed by atoms with Crippen molar-refractivity contribution in [2.45, 2.75) is 6.54 Å². The Hall–Kier alpha value is -1.62. The molecule has 4 nitrogen and oxygen atoms in total. The van der Waals surface area contributed by atoms with Crippen molar-refractivity contribution in [3.05, 3.63) is 34.6 Å². The number of carbonyl (C=O) groups is 2. The van der Waals surface area contributed by atoms with E-state index in [1.807, 2.05) is 0 Å². The van der Waals surface area contributed by atoms with Crippen molar-refractivity contribution >= 4 is 23.5 Å². The number of nitrogens with one attached hydrogen (secondary N) is 1. The summed E-state index contributed by atoms with van der Waals surface area (Å²) in [5, 5.41) is 2.37. The third-order valence-electron chi connectivity index (χ3n) is 2.26. The van der Waals surface area contributed by atoms with Crippen LogP contribution in [0.4, 0.5) is 9.18 Å². The first-order valence-electron chi connectivity index (χ1n) is 4.60. The lowest BCUT2D eigenvalue weighted by Crippen LogP contribution is -2.30. The Morgan fingerprint density at radius 3 is 2.75 bits per heavy atom. The summed E-state index contributed by atoms with van der Waals surface area (Å²) in [5.41, 5.74) is 0.608. The molecule has 0 aliphatic carbocycles. The molecule has 0 bridgehead atoms. The average Bonchev–Trinajstić information content (AvgIpc) is 2.55. The summed E-state index contributed by atoms with van der Waals surface area (Å²) in [4.78, 5) is 23.6. The molecular formula is C10H8ClFN2O2. The molecule has 0 saturated carbocycles. The van der Waals surface area contributed by atoms with E-state index >= 15 is 0 Å². The SMILES string of the molecule is O=C1CNC(=O)N1Cc1ccc(F)c(Cl)c1. The second-order valence-corrected chi connectivity index (χ2v) is 3.79. The van der Waals surface area contributed by atoms with E-state index in [1.165, 1.54) is 18.2 Å². The smallest absolute Gasteiger partial charge is 0.324 e. The van der Waals surface area contributed by atoms with Gasteiger partial charge in [-0.3, -0.25) is 9.69 Å². The van der Waals surface area contributed by atoms with Gasteiger partial charge in [-0.05, 0) is 17.7 Å². The van der Waals surface area contributed by atoms with E-state index in [1.54, 1.807) is 0 Å². The zero-order chi connectivity index (χ0) is 11.7. The van der Waals surface area contributed by atoms with Gasteiger partial charge < -0.3 is 5.32 Å². The van der Waals surface area contributed by atoms with E-state index in [-0.39, 0.29) is 24.0 Å². The molecule has 2 rings (SSSR count). The summed E-state index contributed by atoms with van der Waals surface area (Å²) >= 11 is 5.59. The second-order valence-electron chi connectivity index (χ2n) is 3.39. The Morgan fingerprint density at radius 1 is 1.44 bits per heavy atom. The van der Waals surface area contributed by atoms with Crippen LogP contribution in [0.1, 0.15) is 5.56 Å². The fourth-order valence-corrected chi connectivity index (χ4v) is 1.64. The van der Waals surface area contributed by atoms with E-state index in [9.17, 15) is 14.0 Å². The third-order valence-corrected chi connectivity index (χ3v) is 2.55. The van der Waals surface area contributed by atoms with Gasteiger partial charge in [0.2, 0.25) is 5.91 Å². The number of hydrogen-bond donors (Lipinski definition) is 1. The van der Waals surface area contributed by atoms with Crippen LogP contribution in [-0.2, 0) is 11.3 Å². The Bertz CT molecular complexity index is 448. The molecule has 1 saturated heterocycles. The Labute approximate surface area is 96.0 Å². The van der Waals surface area contributed by atoms with Crippen LogP contribution in [0.15, 0.2) is 18.2 Å². The molecule has 0 spiro atoms. The van der Waals surface area contributed by atoms with Gasteiger partial charge in [0.1, 0.15) is 5.82 Å². The van der Waals surface area contributed by atoms with Crippen molar-refractivity contribution in [1.82, 2.24) is 10.2 Å². The van der Waals surface area contributed by atoms with Crippen molar-refractivity contribution in [3.63, 3.8) is 0 Å². The number of carbonyl (C=O) groups excluding carboxylic acids is 2. The normalized spacial score (nSPS) is 15.5. The molecule has 84 valence electrons. The van der Waals surface area contributed by atoms with Gasteiger partial charge >= 0.3 is 6.03 Å². The predicted molar refractivity (Wildman–Crippen MR) is 55.4 cm³/mol. The monoisotopic (exact) mass is 242 g/mol. The number of halogens is 2. The number of rotatable bonds is 2. The van der Waals surface area contributed by atoms with E-state index in [0.717, 1.165) is 4.90 Å². The molecule has 6 heteroatoms. The topological polar surface area (TPSA) is 49.4 Å². The van der Waals surface area contributed by atoms with Crippen molar-refractivity contribution in [2.75, 3.05) is 6.54 Å². The third kappa shape index (κ3) is 1.99. The second kappa shape index (κ2) is 4.09. The highest BCUT2D eigenvalue weighted by atomic mass is 35.5. The largest absolute Gasteiger partial charge is 0.329 e. The Morgan fingerprint density at radius 2 is 2.19 bits per heavy atom. The Kier molecular flexibility index (Phi) is 2.78. The van der Waals surface area contributed by atoms with Crippen LogP contribution in [0.5, 0.6) is 0 Å². The highest BCUT2D eigenvalue weighted by molar-refractivity contribution is 6.30. The zero-order valence-corrected chi connectivity index (χ0v) is 8.92. The van der Waals surface area contributed by atoms with Crippen molar-refractivity contribution in [2.24, 2.45) is 0 Å². The average molecular weight is 243 g/mol. The number of nitrogens with zero attached hydrogens (tertiary/aromatic N) is 1.